The molecule has 120 valence electrons. The van der Waals surface area contributed by atoms with Crippen LogP contribution in [0.3, 0.4) is 0 Å². The second-order valence-electron chi connectivity index (χ2n) is 5.41. The molecule has 1 aliphatic rings. The van der Waals surface area contributed by atoms with Crippen LogP contribution in [0.1, 0.15) is 19.8 Å². The van der Waals surface area contributed by atoms with Crippen LogP contribution in [0.5, 0.6) is 17.2 Å². The first kappa shape index (κ1) is 15.7. The Morgan fingerprint density at radius 3 is 2.52 bits per heavy atom. The molecule has 3 rings (SSSR count). The molecule has 2 aromatic carbocycles. The van der Waals surface area contributed by atoms with Crippen LogP contribution in [0.25, 0.3) is 0 Å². The number of carbonyl (C=O) groups is 1. The van der Waals surface area contributed by atoms with Crippen molar-refractivity contribution in [1.29, 1.82) is 0 Å². The monoisotopic (exact) mass is 331 g/mol. The van der Waals surface area contributed by atoms with Crippen LogP contribution in [-0.2, 0) is 4.79 Å². The minimum Gasteiger partial charge on any atom is -0.494 e. The lowest BCUT2D eigenvalue weighted by Gasteiger charge is -2.13. The Morgan fingerprint density at radius 2 is 1.87 bits per heavy atom. The lowest BCUT2D eigenvalue weighted by molar-refractivity contribution is -0.117. The van der Waals surface area contributed by atoms with Crippen LogP contribution in [0, 0.1) is 5.92 Å². The van der Waals surface area contributed by atoms with Crippen LogP contribution in [0.15, 0.2) is 42.5 Å². The molecule has 0 saturated heterocycles. The van der Waals surface area contributed by atoms with Crippen molar-refractivity contribution < 1.29 is 14.3 Å². The Bertz CT molecular complexity index is 696. The topological polar surface area (TPSA) is 47.6 Å². The van der Waals surface area contributed by atoms with Gasteiger partial charge in [-0.05, 0) is 62.2 Å². The Balaban J connectivity index is 1.76. The van der Waals surface area contributed by atoms with Crippen molar-refractivity contribution in [2.24, 2.45) is 5.92 Å². The molecule has 0 spiro atoms. The first-order chi connectivity index (χ1) is 11.2. The maximum Gasteiger partial charge on any atom is 0.227 e. The van der Waals surface area contributed by atoms with Gasteiger partial charge in [0.15, 0.2) is 5.75 Å². The van der Waals surface area contributed by atoms with E-state index in [1.165, 1.54) is 0 Å². The Labute approximate surface area is 140 Å². The summed E-state index contributed by atoms with van der Waals surface area (Å²) in [5.41, 5.74) is 0.586. The third kappa shape index (κ3) is 4.17. The van der Waals surface area contributed by atoms with Crippen molar-refractivity contribution in [2.45, 2.75) is 19.8 Å². The van der Waals surface area contributed by atoms with Gasteiger partial charge in [-0.25, -0.2) is 0 Å². The smallest absolute Gasteiger partial charge is 0.227 e. The van der Waals surface area contributed by atoms with Gasteiger partial charge in [-0.3, -0.25) is 4.79 Å². The molecule has 23 heavy (non-hydrogen) atoms. The van der Waals surface area contributed by atoms with E-state index in [2.05, 4.69) is 5.32 Å². The Hall–Kier alpha value is -2.20. The summed E-state index contributed by atoms with van der Waals surface area (Å²) < 4.78 is 11.3. The summed E-state index contributed by atoms with van der Waals surface area (Å²) in [4.78, 5) is 12.0. The molecule has 0 heterocycles. The van der Waals surface area contributed by atoms with Gasteiger partial charge < -0.3 is 14.8 Å². The Kier molecular flexibility index (Phi) is 4.72. The molecule has 0 atom stereocenters. The molecule has 1 N–H and O–H groups in total. The van der Waals surface area contributed by atoms with Gasteiger partial charge >= 0.3 is 0 Å². The number of hydrogen-bond donors (Lipinski definition) is 1. The number of amides is 1. The van der Waals surface area contributed by atoms with E-state index in [1.54, 1.807) is 18.2 Å². The highest BCUT2D eigenvalue weighted by Gasteiger charge is 2.30. The van der Waals surface area contributed by atoms with E-state index >= 15 is 0 Å². The maximum atomic E-state index is 12.0. The summed E-state index contributed by atoms with van der Waals surface area (Å²) in [6.07, 6.45) is 1.89. The summed E-state index contributed by atoms with van der Waals surface area (Å²) in [5, 5.41) is 3.44. The molecule has 1 aliphatic carbocycles. The van der Waals surface area contributed by atoms with Crippen molar-refractivity contribution in [2.75, 3.05) is 11.9 Å². The molecule has 1 amide bonds. The molecular weight excluding hydrogens is 314 g/mol. The minimum atomic E-state index is 0.0174. The van der Waals surface area contributed by atoms with E-state index < -0.39 is 0 Å². The van der Waals surface area contributed by atoms with E-state index in [4.69, 9.17) is 21.1 Å². The Morgan fingerprint density at radius 1 is 1.17 bits per heavy atom. The fourth-order valence-corrected chi connectivity index (χ4v) is 2.34. The van der Waals surface area contributed by atoms with E-state index in [-0.39, 0.29) is 11.8 Å². The second-order valence-corrected chi connectivity index (χ2v) is 5.85. The van der Waals surface area contributed by atoms with E-state index in [1.807, 2.05) is 31.2 Å². The zero-order valence-corrected chi connectivity index (χ0v) is 13.6. The maximum absolute atomic E-state index is 12.0. The first-order valence-electron chi connectivity index (χ1n) is 7.67. The van der Waals surface area contributed by atoms with Gasteiger partial charge in [-0.1, -0.05) is 11.6 Å². The number of rotatable bonds is 6. The van der Waals surface area contributed by atoms with Gasteiger partial charge in [0.25, 0.3) is 0 Å². The summed E-state index contributed by atoms with van der Waals surface area (Å²) in [6, 6.07) is 12.5. The number of halogens is 1. The van der Waals surface area contributed by atoms with Gasteiger partial charge in [-0.15, -0.1) is 0 Å². The van der Waals surface area contributed by atoms with Crippen molar-refractivity contribution in [3.8, 4) is 17.2 Å². The zero-order chi connectivity index (χ0) is 16.2. The molecule has 0 unspecified atom stereocenters. The molecule has 1 fully saturated rings. The lowest BCUT2D eigenvalue weighted by Crippen LogP contribution is -2.13. The number of benzene rings is 2. The van der Waals surface area contributed by atoms with Gasteiger partial charge in [0.1, 0.15) is 11.5 Å². The van der Waals surface area contributed by atoms with E-state index in [0.717, 1.165) is 18.6 Å². The summed E-state index contributed by atoms with van der Waals surface area (Å²) in [7, 11) is 0. The largest absolute Gasteiger partial charge is 0.494 e. The number of nitrogens with one attached hydrogen (secondary N) is 1. The van der Waals surface area contributed by atoms with Crippen molar-refractivity contribution in [3.05, 3.63) is 47.5 Å². The van der Waals surface area contributed by atoms with E-state index in [9.17, 15) is 4.79 Å². The molecule has 0 bridgehead atoms. The van der Waals surface area contributed by atoms with Crippen LogP contribution >= 0.6 is 11.6 Å². The predicted molar refractivity (Wildman–Crippen MR) is 90.5 cm³/mol. The highest BCUT2D eigenvalue weighted by molar-refractivity contribution is 6.31. The lowest BCUT2D eigenvalue weighted by atomic mass is 10.2. The fraction of sp³-hybridized carbons (Fsp3) is 0.278. The third-order valence-corrected chi connectivity index (χ3v) is 3.75. The average Bonchev–Trinajstić information content (AvgIpc) is 3.37. The summed E-state index contributed by atoms with van der Waals surface area (Å²) in [5.74, 6) is 2.15. The molecule has 5 heteroatoms. The standard InChI is InChI=1S/C18H18ClNO3/c1-2-22-14-6-8-15(9-7-14)23-17-10-5-13(19)11-16(17)20-18(21)12-3-4-12/h5-12H,2-4H2,1H3,(H,20,21). The predicted octanol–water partition coefficient (Wildman–Crippen LogP) is 4.88. The number of ether oxygens (including phenoxy) is 2. The van der Waals surface area contributed by atoms with E-state index in [0.29, 0.717) is 28.8 Å². The van der Waals surface area contributed by atoms with Gasteiger partial charge in [0.05, 0.1) is 12.3 Å². The number of carbonyl (C=O) groups excluding carboxylic acids is 1. The van der Waals surface area contributed by atoms with Crippen LogP contribution in [0.2, 0.25) is 5.02 Å². The zero-order valence-electron chi connectivity index (χ0n) is 12.8. The molecule has 2 aromatic rings. The van der Waals surface area contributed by atoms with Crippen LogP contribution in [-0.4, -0.2) is 12.5 Å². The SMILES string of the molecule is CCOc1ccc(Oc2ccc(Cl)cc2NC(=O)C2CC2)cc1. The summed E-state index contributed by atoms with van der Waals surface area (Å²) in [6.45, 7) is 2.56. The normalized spacial score (nSPS) is 13.5. The van der Waals surface area contributed by atoms with Gasteiger partial charge in [-0.2, -0.15) is 0 Å². The summed E-state index contributed by atoms with van der Waals surface area (Å²) >= 11 is 6.03. The molecule has 1 saturated carbocycles. The van der Waals surface area contributed by atoms with Gasteiger partial charge in [0.2, 0.25) is 5.91 Å². The minimum absolute atomic E-state index is 0.0174. The van der Waals surface area contributed by atoms with Crippen molar-refractivity contribution in [3.63, 3.8) is 0 Å². The average molecular weight is 332 g/mol. The number of hydrogen-bond acceptors (Lipinski definition) is 3. The molecule has 0 radical (unpaired) electrons. The van der Waals surface area contributed by atoms with Crippen LogP contribution in [0.4, 0.5) is 5.69 Å². The van der Waals surface area contributed by atoms with Crippen molar-refractivity contribution in [1.82, 2.24) is 0 Å². The number of anilines is 1. The quantitative estimate of drug-likeness (QED) is 0.820. The molecule has 4 nitrogen and oxygen atoms in total. The molecule has 0 aromatic heterocycles. The highest BCUT2D eigenvalue weighted by atomic mass is 35.5. The van der Waals surface area contributed by atoms with Crippen LogP contribution < -0.4 is 14.8 Å². The highest BCUT2D eigenvalue weighted by Crippen LogP contribution is 2.35. The first-order valence-corrected chi connectivity index (χ1v) is 8.04. The fourth-order valence-electron chi connectivity index (χ4n) is 2.17. The van der Waals surface area contributed by atoms with Crippen molar-refractivity contribution >= 4 is 23.2 Å². The molecular formula is C18H18ClNO3. The molecule has 0 aliphatic heterocycles. The van der Waals surface area contributed by atoms with Gasteiger partial charge in [0, 0.05) is 10.9 Å². The third-order valence-electron chi connectivity index (χ3n) is 3.51. The second kappa shape index (κ2) is 6.92.